The lowest BCUT2D eigenvalue weighted by molar-refractivity contribution is -0.136. The topological polar surface area (TPSA) is 54.6 Å². The van der Waals surface area contributed by atoms with Crippen LogP contribution in [0.2, 0.25) is 0 Å². The van der Waals surface area contributed by atoms with Gasteiger partial charge in [-0.3, -0.25) is 4.79 Å². The van der Waals surface area contributed by atoms with Crippen molar-refractivity contribution in [2.24, 2.45) is 0 Å². The number of halogens is 1. The molecule has 0 bridgehead atoms. The van der Waals surface area contributed by atoms with Gasteiger partial charge < -0.3 is 9.51 Å². The minimum atomic E-state index is -0.855. The lowest BCUT2D eigenvalue weighted by atomic mass is 10.3. The molecule has 5 heteroatoms. The van der Waals surface area contributed by atoms with Gasteiger partial charge in [0.15, 0.2) is 0 Å². The van der Waals surface area contributed by atoms with E-state index in [1.807, 2.05) is 12.1 Å². The Morgan fingerprint density at radius 2 is 2.36 bits per heavy atom. The number of carboxylic acids is 1. The van der Waals surface area contributed by atoms with Gasteiger partial charge >= 0.3 is 5.97 Å². The molecule has 1 N–H and O–H groups in total. The monoisotopic (exact) mass is 254 g/mol. The van der Waals surface area contributed by atoms with Crippen LogP contribution in [0.5, 0.6) is 0 Å². The van der Waals surface area contributed by atoms with E-state index < -0.39 is 5.97 Å². The van der Waals surface area contributed by atoms with Crippen molar-refractivity contribution in [3.8, 4) is 0 Å². The van der Waals surface area contributed by atoms with Crippen molar-refractivity contribution in [2.75, 3.05) is 0 Å². The Hall–Kier alpha value is -1.36. The van der Waals surface area contributed by atoms with Crippen molar-refractivity contribution >= 4 is 27.5 Å². The molecule has 0 radical (unpaired) electrons. The van der Waals surface area contributed by atoms with Gasteiger partial charge in [-0.2, -0.15) is 0 Å². The van der Waals surface area contributed by atoms with Crippen LogP contribution in [-0.4, -0.2) is 20.5 Å². The minimum Gasteiger partial charge on any atom is -0.481 e. The van der Waals surface area contributed by atoms with E-state index in [0.29, 0.717) is 5.69 Å². The zero-order chi connectivity index (χ0) is 10.1. The number of fused-ring (bicyclic) bond motifs is 1. The molecule has 0 unspecified atom stereocenters. The first-order valence-electron chi connectivity index (χ1n) is 4.00. The van der Waals surface area contributed by atoms with Gasteiger partial charge in [-0.05, 0) is 28.1 Å². The van der Waals surface area contributed by atoms with E-state index in [2.05, 4.69) is 20.9 Å². The molecule has 0 atom stereocenters. The number of carbonyl (C=O) groups is 1. The molecular formula is C9H7BrN2O2. The molecular weight excluding hydrogens is 248 g/mol. The maximum Gasteiger partial charge on any atom is 0.309 e. The first-order chi connectivity index (χ1) is 6.66. The second kappa shape index (κ2) is 3.42. The highest BCUT2D eigenvalue weighted by atomic mass is 79.9. The molecule has 0 saturated heterocycles. The van der Waals surface area contributed by atoms with Gasteiger partial charge in [-0.1, -0.05) is 0 Å². The Balaban J connectivity index is 2.55. The molecule has 2 rings (SSSR count). The van der Waals surface area contributed by atoms with Crippen molar-refractivity contribution < 1.29 is 9.90 Å². The summed E-state index contributed by atoms with van der Waals surface area (Å²) in [7, 11) is 0. The fourth-order valence-corrected chi connectivity index (χ4v) is 1.63. The van der Waals surface area contributed by atoms with Crippen molar-refractivity contribution in [2.45, 2.75) is 6.42 Å². The van der Waals surface area contributed by atoms with Crippen LogP contribution in [0.3, 0.4) is 0 Å². The Morgan fingerprint density at radius 1 is 1.57 bits per heavy atom. The lowest BCUT2D eigenvalue weighted by Crippen LogP contribution is -2.02. The average Bonchev–Trinajstić information content (AvgIpc) is 2.47. The Bertz CT molecular complexity index is 493. The van der Waals surface area contributed by atoms with E-state index >= 15 is 0 Å². The second-order valence-electron chi connectivity index (χ2n) is 2.90. The van der Waals surface area contributed by atoms with Crippen molar-refractivity contribution in [1.82, 2.24) is 9.38 Å². The van der Waals surface area contributed by atoms with E-state index in [1.54, 1.807) is 16.8 Å². The number of aliphatic carboxylic acids is 1. The summed E-state index contributed by atoms with van der Waals surface area (Å²) in [6.45, 7) is 0. The van der Waals surface area contributed by atoms with Gasteiger partial charge in [0.1, 0.15) is 5.65 Å². The van der Waals surface area contributed by atoms with Gasteiger partial charge in [0, 0.05) is 16.9 Å². The van der Waals surface area contributed by atoms with Gasteiger partial charge in [0.2, 0.25) is 0 Å². The van der Waals surface area contributed by atoms with Crippen LogP contribution in [-0.2, 0) is 11.2 Å². The largest absolute Gasteiger partial charge is 0.481 e. The number of hydrogen-bond acceptors (Lipinski definition) is 2. The van der Waals surface area contributed by atoms with Gasteiger partial charge in [0.25, 0.3) is 0 Å². The predicted octanol–water partition coefficient (Wildman–Crippen LogP) is 1.72. The SMILES string of the molecule is O=C(O)Cc1cnc2ccc(Br)cn12. The fraction of sp³-hybridized carbons (Fsp3) is 0.111. The number of carboxylic acid groups (broad SMARTS) is 1. The third-order valence-electron chi connectivity index (χ3n) is 1.88. The molecule has 0 aliphatic carbocycles. The van der Waals surface area contributed by atoms with E-state index in [0.717, 1.165) is 10.1 Å². The molecule has 0 aromatic carbocycles. The molecule has 0 spiro atoms. The summed E-state index contributed by atoms with van der Waals surface area (Å²) in [5.74, 6) is -0.855. The minimum absolute atomic E-state index is 0.0163. The van der Waals surface area contributed by atoms with Crippen LogP contribution in [0.15, 0.2) is 29.0 Å². The normalized spacial score (nSPS) is 10.6. The summed E-state index contributed by atoms with van der Waals surface area (Å²) in [6, 6.07) is 3.70. The maximum absolute atomic E-state index is 10.5. The highest BCUT2D eigenvalue weighted by Gasteiger charge is 2.06. The molecule has 14 heavy (non-hydrogen) atoms. The summed E-state index contributed by atoms with van der Waals surface area (Å²) in [5.41, 5.74) is 1.43. The molecule has 0 aliphatic rings. The second-order valence-corrected chi connectivity index (χ2v) is 3.81. The first kappa shape index (κ1) is 9.21. The zero-order valence-electron chi connectivity index (χ0n) is 7.14. The molecule has 0 fully saturated rings. The molecule has 2 heterocycles. The number of imidazole rings is 1. The molecule has 2 aromatic rings. The van der Waals surface area contributed by atoms with Gasteiger partial charge in [-0.15, -0.1) is 0 Å². The Kier molecular flexibility index (Phi) is 2.25. The van der Waals surface area contributed by atoms with Crippen molar-refractivity contribution in [3.63, 3.8) is 0 Å². The molecule has 0 saturated carbocycles. The van der Waals surface area contributed by atoms with Crippen molar-refractivity contribution in [1.29, 1.82) is 0 Å². The number of hydrogen-bond donors (Lipinski definition) is 1. The number of aromatic nitrogens is 2. The smallest absolute Gasteiger partial charge is 0.309 e. The Labute approximate surface area is 88.3 Å². The summed E-state index contributed by atoms with van der Waals surface area (Å²) in [5, 5.41) is 8.66. The van der Waals surface area contributed by atoms with E-state index in [1.165, 1.54) is 0 Å². The first-order valence-corrected chi connectivity index (χ1v) is 4.79. The summed E-state index contributed by atoms with van der Waals surface area (Å²) >= 11 is 3.32. The number of nitrogens with zero attached hydrogens (tertiary/aromatic N) is 2. The van der Waals surface area contributed by atoms with E-state index in [4.69, 9.17) is 5.11 Å². The fourth-order valence-electron chi connectivity index (χ4n) is 1.29. The van der Waals surface area contributed by atoms with Crippen molar-refractivity contribution in [3.05, 3.63) is 34.7 Å². The van der Waals surface area contributed by atoms with Crippen LogP contribution in [0.4, 0.5) is 0 Å². The van der Waals surface area contributed by atoms with E-state index in [-0.39, 0.29) is 6.42 Å². The zero-order valence-corrected chi connectivity index (χ0v) is 8.73. The number of rotatable bonds is 2. The van der Waals surface area contributed by atoms with Gasteiger partial charge in [-0.25, -0.2) is 4.98 Å². The van der Waals surface area contributed by atoms with Crippen LogP contribution in [0.1, 0.15) is 5.69 Å². The summed E-state index contributed by atoms with van der Waals surface area (Å²) in [4.78, 5) is 14.6. The Morgan fingerprint density at radius 3 is 3.07 bits per heavy atom. The molecule has 72 valence electrons. The van der Waals surface area contributed by atoms with Crippen LogP contribution >= 0.6 is 15.9 Å². The highest BCUT2D eigenvalue weighted by molar-refractivity contribution is 9.10. The van der Waals surface area contributed by atoms with Crippen LogP contribution < -0.4 is 0 Å². The summed E-state index contributed by atoms with van der Waals surface area (Å²) in [6.07, 6.45) is 3.37. The molecule has 2 aromatic heterocycles. The molecule has 0 amide bonds. The van der Waals surface area contributed by atoms with E-state index in [9.17, 15) is 4.79 Å². The molecule has 4 nitrogen and oxygen atoms in total. The third kappa shape index (κ3) is 1.63. The quantitative estimate of drug-likeness (QED) is 0.888. The van der Waals surface area contributed by atoms with Crippen LogP contribution in [0, 0.1) is 0 Å². The average molecular weight is 255 g/mol. The third-order valence-corrected chi connectivity index (χ3v) is 2.35. The van der Waals surface area contributed by atoms with Gasteiger partial charge in [0.05, 0.1) is 12.1 Å². The molecule has 0 aliphatic heterocycles. The number of pyridine rings is 1. The summed E-state index contributed by atoms with van der Waals surface area (Å²) < 4.78 is 2.66. The van der Waals surface area contributed by atoms with Crippen LogP contribution in [0.25, 0.3) is 5.65 Å². The predicted molar refractivity (Wildman–Crippen MR) is 54.2 cm³/mol. The lowest BCUT2D eigenvalue weighted by Gasteiger charge is -1.98. The standard InChI is InChI=1S/C9H7BrN2O2/c10-6-1-2-8-11-4-7(3-9(13)14)12(8)5-6/h1-2,4-5H,3H2,(H,13,14). The maximum atomic E-state index is 10.5. The highest BCUT2D eigenvalue weighted by Crippen LogP contribution is 2.13.